The van der Waals surface area contributed by atoms with Gasteiger partial charge in [-0.05, 0) is 25.5 Å². The van der Waals surface area contributed by atoms with Crippen molar-refractivity contribution < 1.29 is 4.92 Å². The fraction of sp³-hybridized carbons (Fsp3) is 0.333. The van der Waals surface area contributed by atoms with E-state index < -0.39 is 0 Å². The van der Waals surface area contributed by atoms with E-state index in [-0.39, 0.29) is 10.6 Å². The molecule has 0 spiro atoms. The third-order valence-corrected chi connectivity index (χ3v) is 2.45. The number of benzene rings is 1. The Bertz CT molecular complexity index is 389. The van der Waals surface area contributed by atoms with Crippen molar-refractivity contribution in [2.75, 3.05) is 6.54 Å². The first-order valence-electron chi connectivity index (χ1n) is 5.21. The van der Waals surface area contributed by atoms with Crippen LogP contribution in [0, 0.1) is 17.0 Å². The minimum absolute atomic E-state index is 0.183. The van der Waals surface area contributed by atoms with E-state index in [9.17, 15) is 10.1 Å². The van der Waals surface area contributed by atoms with Gasteiger partial charge in [-0.2, -0.15) is 0 Å². The zero-order chi connectivity index (χ0) is 12.0. The molecule has 1 aromatic carbocycles. The van der Waals surface area contributed by atoms with E-state index >= 15 is 0 Å². The summed E-state index contributed by atoms with van der Waals surface area (Å²) < 4.78 is 0. The van der Waals surface area contributed by atoms with Crippen molar-refractivity contribution in [1.29, 1.82) is 0 Å². The first-order valence-corrected chi connectivity index (χ1v) is 5.21. The van der Waals surface area contributed by atoms with Crippen LogP contribution >= 0.6 is 0 Å². The zero-order valence-electron chi connectivity index (χ0n) is 9.40. The smallest absolute Gasteiger partial charge is 0.272 e. The average Bonchev–Trinajstić information content (AvgIpc) is 2.26. The maximum atomic E-state index is 10.7. The molecule has 4 heteroatoms. The van der Waals surface area contributed by atoms with E-state index in [1.165, 1.54) is 6.07 Å². The quantitative estimate of drug-likeness (QED) is 0.347. The van der Waals surface area contributed by atoms with E-state index in [2.05, 4.69) is 11.9 Å². The fourth-order valence-electron chi connectivity index (χ4n) is 1.49. The molecule has 0 bridgehead atoms. The van der Waals surface area contributed by atoms with Crippen LogP contribution < -0.4 is 5.32 Å². The third kappa shape index (κ3) is 3.17. The van der Waals surface area contributed by atoms with E-state index in [0.717, 1.165) is 24.1 Å². The van der Waals surface area contributed by atoms with Crippen LogP contribution in [0.4, 0.5) is 5.69 Å². The monoisotopic (exact) mass is 220 g/mol. The van der Waals surface area contributed by atoms with Crippen molar-refractivity contribution in [3.8, 4) is 0 Å². The molecule has 0 saturated heterocycles. The number of nitrogens with one attached hydrogen (secondary N) is 1. The lowest BCUT2D eigenvalue weighted by atomic mass is 10.1. The highest BCUT2D eigenvalue weighted by atomic mass is 16.6. The minimum atomic E-state index is -0.345. The SMILES string of the molecule is C=CCCNCc1cccc([N+](=O)[O-])c1C. The highest BCUT2D eigenvalue weighted by Crippen LogP contribution is 2.20. The van der Waals surface area contributed by atoms with Gasteiger partial charge in [0.05, 0.1) is 4.92 Å². The molecule has 0 atom stereocenters. The molecule has 0 aromatic heterocycles. The van der Waals surface area contributed by atoms with Crippen molar-refractivity contribution in [1.82, 2.24) is 5.32 Å². The minimum Gasteiger partial charge on any atom is -0.312 e. The van der Waals surface area contributed by atoms with Gasteiger partial charge in [-0.25, -0.2) is 0 Å². The predicted molar refractivity (Wildman–Crippen MR) is 64.4 cm³/mol. The Labute approximate surface area is 95.1 Å². The molecule has 16 heavy (non-hydrogen) atoms. The van der Waals surface area contributed by atoms with Crippen LogP contribution in [0.15, 0.2) is 30.9 Å². The number of nitrogens with zero attached hydrogens (tertiary/aromatic N) is 1. The normalized spacial score (nSPS) is 10.1. The van der Waals surface area contributed by atoms with E-state index in [1.54, 1.807) is 13.0 Å². The molecule has 0 fully saturated rings. The predicted octanol–water partition coefficient (Wildman–Crippen LogP) is 2.57. The van der Waals surface area contributed by atoms with Gasteiger partial charge in [0.25, 0.3) is 5.69 Å². The molecule has 0 aliphatic heterocycles. The molecule has 1 N–H and O–H groups in total. The largest absolute Gasteiger partial charge is 0.312 e. The Morgan fingerprint density at radius 1 is 1.56 bits per heavy atom. The van der Waals surface area contributed by atoms with E-state index in [4.69, 9.17) is 0 Å². The first-order chi connectivity index (χ1) is 7.66. The van der Waals surface area contributed by atoms with Gasteiger partial charge in [-0.3, -0.25) is 10.1 Å². The second-order valence-electron chi connectivity index (χ2n) is 3.57. The molecule has 0 aliphatic rings. The van der Waals surface area contributed by atoms with E-state index in [1.807, 2.05) is 12.1 Å². The van der Waals surface area contributed by atoms with Crippen LogP contribution in [-0.4, -0.2) is 11.5 Å². The number of hydrogen-bond acceptors (Lipinski definition) is 3. The zero-order valence-corrected chi connectivity index (χ0v) is 9.40. The average molecular weight is 220 g/mol. The molecule has 4 nitrogen and oxygen atoms in total. The van der Waals surface area contributed by atoms with Crippen LogP contribution in [0.25, 0.3) is 0 Å². The summed E-state index contributed by atoms with van der Waals surface area (Å²) in [6.45, 7) is 6.90. The van der Waals surface area contributed by atoms with Gasteiger partial charge in [0.15, 0.2) is 0 Å². The van der Waals surface area contributed by atoms with Crippen LogP contribution in [0.2, 0.25) is 0 Å². The van der Waals surface area contributed by atoms with Crippen molar-refractivity contribution in [2.24, 2.45) is 0 Å². The molecule has 0 radical (unpaired) electrons. The molecular formula is C12H16N2O2. The van der Waals surface area contributed by atoms with Gasteiger partial charge in [-0.1, -0.05) is 18.2 Å². The summed E-state index contributed by atoms with van der Waals surface area (Å²) in [6.07, 6.45) is 2.74. The molecule has 1 aromatic rings. The Morgan fingerprint density at radius 3 is 2.94 bits per heavy atom. The van der Waals surface area contributed by atoms with Crippen molar-refractivity contribution >= 4 is 5.69 Å². The maximum Gasteiger partial charge on any atom is 0.272 e. The lowest BCUT2D eigenvalue weighted by molar-refractivity contribution is -0.385. The first kappa shape index (κ1) is 12.4. The molecule has 86 valence electrons. The topological polar surface area (TPSA) is 55.2 Å². The summed E-state index contributed by atoms with van der Waals surface area (Å²) >= 11 is 0. The van der Waals surface area contributed by atoms with Crippen molar-refractivity contribution in [2.45, 2.75) is 19.9 Å². The van der Waals surface area contributed by atoms with E-state index in [0.29, 0.717) is 6.54 Å². The number of nitro groups is 1. The molecule has 0 unspecified atom stereocenters. The summed E-state index contributed by atoms with van der Waals surface area (Å²) in [5.41, 5.74) is 1.89. The van der Waals surface area contributed by atoms with Crippen LogP contribution in [0.3, 0.4) is 0 Å². The number of rotatable bonds is 6. The molecule has 0 heterocycles. The third-order valence-electron chi connectivity index (χ3n) is 2.45. The van der Waals surface area contributed by atoms with Gasteiger partial charge >= 0.3 is 0 Å². The highest BCUT2D eigenvalue weighted by Gasteiger charge is 2.12. The number of nitro benzene ring substituents is 1. The Balaban J connectivity index is 2.69. The van der Waals surface area contributed by atoms with Crippen LogP contribution in [-0.2, 0) is 6.54 Å². The highest BCUT2D eigenvalue weighted by molar-refractivity contribution is 5.44. The van der Waals surface area contributed by atoms with Crippen molar-refractivity contribution in [3.63, 3.8) is 0 Å². The van der Waals surface area contributed by atoms with Crippen LogP contribution in [0.1, 0.15) is 17.5 Å². The van der Waals surface area contributed by atoms with Gasteiger partial charge in [0.1, 0.15) is 0 Å². The summed E-state index contributed by atoms with van der Waals surface area (Å²) in [6, 6.07) is 5.15. The second kappa shape index (κ2) is 6.02. The number of hydrogen-bond donors (Lipinski definition) is 1. The second-order valence-corrected chi connectivity index (χ2v) is 3.57. The fourth-order valence-corrected chi connectivity index (χ4v) is 1.49. The lowest BCUT2D eigenvalue weighted by Crippen LogP contribution is -2.15. The summed E-state index contributed by atoms with van der Waals surface area (Å²) in [5, 5.41) is 13.9. The summed E-state index contributed by atoms with van der Waals surface area (Å²) in [4.78, 5) is 10.4. The molecule has 0 amide bonds. The van der Waals surface area contributed by atoms with Gasteiger partial charge < -0.3 is 5.32 Å². The lowest BCUT2D eigenvalue weighted by Gasteiger charge is -2.07. The molecule has 0 saturated carbocycles. The molecule has 0 aliphatic carbocycles. The van der Waals surface area contributed by atoms with Gasteiger partial charge in [-0.15, -0.1) is 6.58 Å². The van der Waals surface area contributed by atoms with Crippen molar-refractivity contribution in [3.05, 3.63) is 52.1 Å². The summed E-state index contributed by atoms with van der Waals surface area (Å²) in [5.74, 6) is 0. The Hall–Kier alpha value is -1.68. The molecular weight excluding hydrogens is 204 g/mol. The standard InChI is InChI=1S/C12H16N2O2/c1-3-4-8-13-9-11-6-5-7-12(10(11)2)14(15)16/h3,5-7,13H,1,4,8-9H2,2H3. The van der Waals surface area contributed by atoms with Gasteiger partial charge in [0.2, 0.25) is 0 Å². The molecule has 1 rings (SSSR count). The Kier molecular flexibility index (Phi) is 4.66. The van der Waals surface area contributed by atoms with Gasteiger partial charge in [0, 0.05) is 18.2 Å². The van der Waals surface area contributed by atoms with Crippen LogP contribution in [0.5, 0.6) is 0 Å². The summed E-state index contributed by atoms with van der Waals surface area (Å²) in [7, 11) is 0. The Morgan fingerprint density at radius 2 is 2.31 bits per heavy atom. The maximum absolute atomic E-state index is 10.7.